The number of hydrogen-bond donors (Lipinski definition) is 2. The van der Waals surface area contributed by atoms with Crippen molar-refractivity contribution in [3.8, 4) is 11.3 Å². The van der Waals surface area contributed by atoms with E-state index in [9.17, 15) is 0 Å². The van der Waals surface area contributed by atoms with Crippen LogP contribution in [0.4, 0.5) is 0 Å². The smallest absolute Gasteiger partial charge is 0.107 e. The van der Waals surface area contributed by atoms with Crippen molar-refractivity contribution in [1.29, 1.82) is 0 Å². The minimum absolute atomic E-state index is 0.196. The Kier molecular flexibility index (Phi) is 3.31. The van der Waals surface area contributed by atoms with Gasteiger partial charge in [0.1, 0.15) is 5.82 Å². The molecule has 4 nitrogen and oxygen atoms in total. The number of aliphatic hydroxyl groups is 1. The lowest BCUT2D eigenvalue weighted by molar-refractivity contribution is 0.287. The molecule has 4 heteroatoms. The van der Waals surface area contributed by atoms with E-state index in [1.807, 2.05) is 19.1 Å². The molecule has 0 amide bonds. The van der Waals surface area contributed by atoms with E-state index in [-0.39, 0.29) is 6.61 Å². The first-order valence-electron chi connectivity index (χ1n) is 5.38. The summed E-state index contributed by atoms with van der Waals surface area (Å²) >= 11 is 0. The number of imidazole rings is 1. The van der Waals surface area contributed by atoms with E-state index in [1.54, 1.807) is 12.4 Å². The summed E-state index contributed by atoms with van der Waals surface area (Å²) in [6, 6.07) is 3.89. The second-order valence-electron chi connectivity index (χ2n) is 3.73. The first-order chi connectivity index (χ1) is 7.81. The van der Waals surface area contributed by atoms with Gasteiger partial charge in [0.2, 0.25) is 0 Å². The molecule has 0 saturated carbocycles. The summed E-state index contributed by atoms with van der Waals surface area (Å²) < 4.78 is 0. The molecule has 0 aromatic carbocycles. The van der Waals surface area contributed by atoms with Gasteiger partial charge < -0.3 is 10.1 Å². The molecule has 0 aliphatic heterocycles. The van der Waals surface area contributed by atoms with Crippen molar-refractivity contribution in [2.45, 2.75) is 19.8 Å². The van der Waals surface area contributed by atoms with Crippen molar-refractivity contribution >= 4 is 0 Å². The fourth-order valence-electron chi connectivity index (χ4n) is 1.67. The van der Waals surface area contributed by atoms with Crippen molar-refractivity contribution in [2.24, 2.45) is 0 Å². The monoisotopic (exact) mass is 217 g/mol. The van der Waals surface area contributed by atoms with E-state index in [0.29, 0.717) is 0 Å². The predicted molar refractivity (Wildman–Crippen MR) is 62.0 cm³/mol. The molecule has 84 valence electrons. The van der Waals surface area contributed by atoms with Gasteiger partial charge in [-0.1, -0.05) is 0 Å². The van der Waals surface area contributed by atoms with Gasteiger partial charge in [0.15, 0.2) is 0 Å². The van der Waals surface area contributed by atoms with Crippen LogP contribution in [0.2, 0.25) is 0 Å². The number of pyridine rings is 1. The van der Waals surface area contributed by atoms with Crippen LogP contribution >= 0.6 is 0 Å². The van der Waals surface area contributed by atoms with Crippen molar-refractivity contribution < 1.29 is 5.11 Å². The minimum Gasteiger partial charge on any atom is -0.396 e. The molecular formula is C12H15N3O. The van der Waals surface area contributed by atoms with E-state index in [1.165, 1.54) is 0 Å². The summed E-state index contributed by atoms with van der Waals surface area (Å²) in [7, 11) is 0. The lowest BCUT2D eigenvalue weighted by Gasteiger charge is -1.95. The SMILES string of the molecule is Cc1[nH]c(CCCO)nc1-c1cccnc1. The van der Waals surface area contributed by atoms with Gasteiger partial charge in [0.25, 0.3) is 0 Å². The van der Waals surface area contributed by atoms with E-state index >= 15 is 0 Å². The largest absolute Gasteiger partial charge is 0.396 e. The normalized spacial score (nSPS) is 10.6. The Balaban J connectivity index is 2.25. The maximum absolute atomic E-state index is 8.77. The van der Waals surface area contributed by atoms with Crippen molar-refractivity contribution in [3.05, 3.63) is 36.0 Å². The Morgan fingerprint density at radius 2 is 2.31 bits per heavy atom. The van der Waals surface area contributed by atoms with Gasteiger partial charge in [0, 0.05) is 36.7 Å². The number of aryl methyl sites for hydroxylation is 2. The number of nitrogens with one attached hydrogen (secondary N) is 1. The van der Waals surface area contributed by atoms with Crippen LogP contribution in [-0.4, -0.2) is 26.7 Å². The first-order valence-corrected chi connectivity index (χ1v) is 5.38. The standard InChI is InChI=1S/C12H15N3O/c1-9-12(10-4-2-6-13-8-10)15-11(14-9)5-3-7-16/h2,4,6,8,16H,3,5,7H2,1H3,(H,14,15). The highest BCUT2D eigenvalue weighted by Gasteiger charge is 2.08. The van der Waals surface area contributed by atoms with Crippen LogP contribution in [0, 0.1) is 6.92 Å². The summed E-state index contributed by atoms with van der Waals surface area (Å²) in [4.78, 5) is 11.8. The quantitative estimate of drug-likeness (QED) is 0.819. The maximum Gasteiger partial charge on any atom is 0.107 e. The maximum atomic E-state index is 8.77. The molecule has 0 saturated heterocycles. The average Bonchev–Trinajstić information content (AvgIpc) is 2.69. The van der Waals surface area contributed by atoms with Crippen LogP contribution in [0.15, 0.2) is 24.5 Å². The zero-order valence-electron chi connectivity index (χ0n) is 9.27. The predicted octanol–water partition coefficient (Wildman–Crippen LogP) is 1.71. The number of H-pyrrole nitrogens is 1. The Morgan fingerprint density at radius 3 is 3.00 bits per heavy atom. The lowest BCUT2D eigenvalue weighted by Crippen LogP contribution is -1.91. The minimum atomic E-state index is 0.196. The highest BCUT2D eigenvalue weighted by atomic mass is 16.2. The summed E-state index contributed by atoms with van der Waals surface area (Å²) in [5, 5.41) is 8.77. The molecule has 2 aromatic rings. The molecular weight excluding hydrogens is 202 g/mol. The molecule has 2 heterocycles. The van der Waals surface area contributed by atoms with Gasteiger partial charge in [-0.3, -0.25) is 4.98 Å². The molecule has 2 rings (SSSR count). The van der Waals surface area contributed by atoms with Crippen LogP contribution in [0.25, 0.3) is 11.3 Å². The molecule has 0 aliphatic carbocycles. The number of aliphatic hydroxyl groups excluding tert-OH is 1. The van der Waals surface area contributed by atoms with Crippen LogP contribution in [0.5, 0.6) is 0 Å². The summed E-state index contributed by atoms with van der Waals surface area (Å²) in [6.07, 6.45) is 5.06. The highest BCUT2D eigenvalue weighted by Crippen LogP contribution is 2.20. The molecule has 0 radical (unpaired) electrons. The summed E-state index contributed by atoms with van der Waals surface area (Å²) in [5.74, 6) is 0.922. The molecule has 0 spiro atoms. The number of aromatic amines is 1. The third-order valence-electron chi connectivity index (χ3n) is 2.44. The average molecular weight is 217 g/mol. The van der Waals surface area contributed by atoms with Crippen molar-refractivity contribution in [2.75, 3.05) is 6.61 Å². The second kappa shape index (κ2) is 4.90. The molecule has 0 aliphatic rings. The van der Waals surface area contributed by atoms with Crippen LogP contribution < -0.4 is 0 Å². The molecule has 2 aromatic heterocycles. The highest BCUT2D eigenvalue weighted by molar-refractivity contribution is 5.60. The van der Waals surface area contributed by atoms with Crippen LogP contribution in [0.3, 0.4) is 0 Å². The van der Waals surface area contributed by atoms with Gasteiger partial charge in [-0.25, -0.2) is 4.98 Å². The van der Waals surface area contributed by atoms with E-state index < -0.39 is 0 Å². The second-order valence-corrected chi connectivity index (χ2v) is 3.73. The molecule has 2 N–H and O–H groups in total. The zero-order chi connectivity index (χ0) is 11.4. The lowest BCUT2D eigenvalue weighted by atomic mass is 10.2. The van der Waals surface area contributed by atoms with Gasteiger partial charge in [-0.15, -0.1) is 0 Å². The molecule has 0 unspecified atom stereocenters. The van der Waals surface area contributed by atoms with Gasteiger partial charge >= 0.3 is 0 Å². The third kappa shape index (κ3) is 2.28. The molecule has 16 heavy (non-hydrogen) atoms. The third-order valence-corrected chi connectivity index (χ3v) is 2.44. The Bertz CT molecular complexity index is 451. The molecule has 0 atom stereocenters. The van der Waals surface area contributed by atoms with E-state index in [2.05, 4.69) is 15.0 Å². The topological polar surface area (TPSA) is 61.8 Å². The summed E-state index contributed by atoms with van der Waals surface area (Å²) in [6.45, 7) is 2.19. The van der Waals surface area contributed by atoms with Crippen LogP contribution in [-0.2, 0) is 6.42 Å². The van der Waals surface area contributed by atoms with Gasteiger partial charge in [-0.05, 0) is 25.5 Å². The van der Waals surface area contributed by atoms with E-state index in [4.69, 9.17) is 5.11 Å². The van der Waals surface area contributed by atoms with Gasteiger partial charge in [-0.2, -0.15) is 0 Å². The Hall–Kier alpha value is -1.68. The van der Waals surface area contributed by atoms with Gasteiger partial charge in [0.05, 0.1) is 5.69 Å². The van der Waals surface area contributed by atoms with Crippen LogP contribution in [0.1, 0.15) is 17.9 Å². The van der Waals surface area contributed by atoms with Crippen molar-refractivity contribution in [1.82, 2.24) is 15.0 Å². The van der Waals surface area contributed by atoms with Crippen molar-refractivity contribution in [3.63, 3.8) is 0 Å². The number of rotatable bonds is 4. The number of aromatic nitrogens is 3. The zero-order valence-corrected chi connectivity index (χ0v) is 9.27. The molecule has 0 fully saturated rings. The van der Waals surface area contributed by atoms with E-state index in [0.717, 1.165) is 35.6 Å². The summed E-state index contributed by atoms with van der Waals surface area (Å²) in [5.41, 5.74) is 3.01. The molecule has 0 bridgehead atoms. The number of nitrogens with zero attached hydrogens (tertiary/aromatic N) is 2. The number of hydrogen-bond acceptors (Lipinski definition) is 3. The Labute approximate surface area is 94.4 Å². The fraction of sp³-hybridized carbons (Fsp3) is 0.333. The first kappa shape index (κ1) is 10.8. The Morgan fingerprint density at radius 1 is 1.44 bits per heavy atom. The fourth-order valence-corrected chi connectivity index (χ4v) is 1.67.